The maximum absolute atomic E-state index is 13.5. The number of aliphatic hydroxyl groups excluding tert-OH is 1. The van der Waals surface area contributed by atoms with Crippen molar-refractivity contribution in [3.05, 3.63) is 89.1 Å². The Hall–Kier alpha value is -3.87. The Morgan fingerprint density at radius 3 is 2.34 bits per heavy atom. The van der Waals surface area contributed by atoms with Crippen LogP contribution in [0.5, 0.6) is 5.75 Å². The summed E-state index contributed by atoms with van der Waals surface area (Å²) in [6.45, 7) is 4.30. The van der Waals surface area contributed by atoms with Crippen LogP contribution in [0.1, 0.15) is 36.5 Å². The lowest BCUT2D eigenvalue weighted by atomic mass is 9.99. The molecule has 2 heterocycles. The Morgan fingerprint density at radius 2 is 1.75 bits per heavy atom. The van der Waals surface area contributed by atoms with Crippen molar-refractivity contribution in [3.63, 3.8) is 0 Å². The lowest BCUT2D eigenvalue weighted by molar-refractivity contribution is -0.132. The van der Waals surface area contributed by atoms with Gasteiger partial charge in [-0.2, -0.15) is 0 Å². The fourth-order valence-electron chi connectivity index (χ4n) is 3.65. The van der Waals surface area contributed by atoms with Gasteiger partial charge in [0, 0.05) is 11.3 Å². The molecule has 2 aromatic carbocycles. The average molecular weight is 435 g/mol. The second-order valence-corrected chi connectivity index (χ2v) is 7.47. The molecule has 0 spiro atoms. The van der Waals surface area contributed by atoms with Crippen LogP contribution in [-0.4, -0.2) is 23.4 Å². The summed E-state index contributed by atoms with van der Waals surface area (Å²) in [5.41, 5.74) is 0.574. The number of carbonyl (C=O) groups excluding carboxylic acids is 2. The Kier molecular flexibility index (Phi) is 5.81. The molecule has 0 bridgehead atoms. The summed E-state index contributed by atoms with van der Waals surface area (Å²) in [5.74, 6) is -0.946. The quantitative estimate of drug-likeness (QED) is 0.329. The molecule has 1 N–H and O–H groups in total. The summed E-state index contributed by atoms with van der Waals surface area (Å²) < 4.78 is 24.8. The van der Waals surface area contributed by atoms with E-state index in [2.05, 4.69) is 0 Å². The first-order valence-corrected chi connectivity index (χ1v) is 10.3. The van der Waals surface area contributed by atoms with Crippen LogP contribution in [0, 0.1) is 12.7 Å². The number of halogens is 1. The van der Waals surface area contributed by atoms with E-state index in [0.29, 0.717) is 35.1 Å². The van der Waals surface area contributed by atoms with E-state index >= 15 is 0 Å². The molecule has 7 heteroatoms. The van der Waals surface area contributed by atoms with Crippen LogP contribution in [-0.2, 0) is 9.59 Å². The van der Waals surface area contributed by atoms with Crippen LogP contribution in [0.25, 0.3) is 5.76 Å². The SMILES string of the molecule is CCCOc1ccc(/C(O)=C2/C(=O)C(=O)N(c3ccc(F)cc3)C2c2ccc(C)o2)cc1. The summed E-state index contributed by atoms with van der Waals surface area (Å²) in [7, 11) is 0. The molecule has 164 valence electrons. The van der Waals surface area contributed by atoms with E-state index in [1.165, 1.54) is 29.2 Å². The summed E-state index contributed by atoms with van der Waals surface area (Å²) in [4.78, 5) is 27.2. The van der Waals surface area contributed by atoms with Crippen LogP contribution in [0.3, 0.4) is 0 Å². The van der Waals surface area contributed by atoms with E-state index in [0.717, 1.165) is 6.42 Å². The number of benzene rings is 2. The lowest BCUT2D eigenvalue weighted by Gasteiger charge is -2.23. The Balaban J connectivity index is 1.82. The minimum atomic E-state index is -0.995. The van der Waals surface area contributed by atoms with Crippen molar-refractivity contribution >= 4 is 23.1 Å². The van der Waals surface area contributed by atoms with Crippen LogP contribution in [0.4, 0.5) is 10.1 Å². The first-order chi connectivity index (χ1) is 15.4. The molecular formula is C25H22FNO5. The maximum Gasteiger partial charge on any atom is 0.300 e. The minimum absolute atomic E-state index is 0.101. The first kappa shape index (κ1) is 21.4. The van der Waals surface area contributed by atoms with Crippen molar-refractivity contribution in [2.24, 2.45) is 0 Å². The topological polar surface area (TPSA) is 80.0 Å². The van der Waals surface area contributed by atoms with Crippen LogP contribution in [0.15, 0.2) is 70.7 Å². The van der Waals surface area contributed by atoms with Gasteiger partial charge in [0.25, 0.3) is 11.7 Å². The lowest BCUT2D eigenvalue weighted by Crippen LogP contribution is -2.29. The highest BCUT2D eigenvalue weighted by Crippen LogP contribution is 2.42. The van der Waals surface area contributed by atoms with Gasteiger partial charge in [0.1, 0.15) is 34.9 Å². The number of anilines is 1. The van der Waals surface area contributed by atoms with Gasteiger partial charge in [0.2, 0.25) is 0 Å². The molecule has 1 saturated heterocycles. The number of hydrogen-bond donors (Lipinski definition) is 1. The van der Waals surface area contributed by atoms with Gasteiger partial charge in [-0.15, -0.1) is 0 Å². The van der Waals surface area contributed by atoms with Gasteiger partial charge in [-0.3, -0.25) is 14.5 Å². The first-order valence-electron chi connectivity index (χ1n) is 10.3. The van der Waals surface area contributed by atoms with E-state index < -0.39 is 23.5 Å². The molecule has 1 atom stereocenters. The Labute approximate surface area is 184 Å². The zero-order chi connectivity index (χ0) is 22.8. The predicted octanol–water partition coefficient (Wildman–Crippen LogP) is 5.14. The third-order valence-electron chi connectivity index (χ3n) is 5.18. The van der Waals surface area contributed by atoms with Gasteiger partial charge in [-0.1, -0.05) is 6.92 Å². The number of ether oxygens (including phenoxy) is 1. The van der Waals surface area contributed by atoms with Gasteiger partial charge in [-0.05, 0) is 74.0 Å². The molecule has 0 aliphatic carbocycles. The van der Waals surface area contributed by atoms with Crippen molar-refractivity contribution in [1.29, 1.82) is 0 Å². The number of ketones is 1. The fourth-order valence-corrected chi connectivity index (χ4v) is 3.65. The summed E-state index contributed by atoms with van der Waals surface area (Å²) in [6.07, 6.45) is 0.858. The number of aryl methyl sites for hydroxylation is 1. The maximum atomic E-state index is 13.5. The third kappa shape index (κ3) is 3.89. The summed E-state index contributed by atoms with van der Waals surface area (Å²) in [5, 5.41) is 11.1. The number of Topliss-reactive ketones (excluding diaryl/α,β-unsaturated/α-hetero) is 1. The van der Waals surface area contributed by atoms with Crippen LogP contribution < -0.4 is 9.64 Å². The number of furan rings is 1. The number of hydrogen-bond acceptors (Lipinski definition) is 5. The summed E-state index contributed by atoms with van der Waals surface area (Å²) >= 11 is 0. The van der Waals surface area contributed by atoms with E-state index in [4.69, 9.17) is 9.15 Å². The van der Waals surface area contributed by atoms with Gasteiger partial charge in [-0.25, -0.2) is 4.39 Å². The van der Waals surface area contributed by atoms with E-state index in [1.54, 1.807) is 43.3 Å². The highest BCUT2D eigenvalue weighted by Gasteiger charge is 2.48. The molecule has 1 unspecified atom stereocenters. The number of nitrogens with zero attached hydrogens (tertiary/aromatic N) is 1. The average Bonchev–Trinajstić information content (AvgIpc) is 3.34. The molecular weight excluding hydrogens is 413 g/mol. The summed E-state index contributed by atoms with van der Waals surface area (Å²) in [6, 6.07) is 14.2. The minimum Gasteiger partial charge on any atom is -0.507 e. The molecule has 1 fully saturated rings. The number of rotatable bonds is 6. The van der Waals surface area contributed by atoms with Crippen LogP contribution in [0.2, 0.25) is 0 Å². The smallest absolute Gasteiger partial charge is 0.300 e. The molecule has 1 aliphatic heterocycles. The van der Waals surface area contributed by atoms with Crippen molar-refractivity contribution in [1.82, 2.24) is 0 Å². The molecule has 3 aromatic rings. The normalized spacial score (nSPS) is 17.7. The molecule has 1 amide bonds. The Bertz CT molecular complexity index is 1180. The van der Waals surface area contributed by atoms with Crippen molar-refractivity contribution < 1.29 is 28.2 Å². The molecule has 0 saturated carbocycles. The third-order valence-corrected chi connectivity index (χ3v) is 5.18. The largest absolute Gasteiger partial charge is 0.507 e. The van der Waals surface area contributed by atoms with E-state index in [-0.39, 0.29) is 11.3 Å². The van der Waals surface area contributed by atoms with Crippen molar-refractivity contribution in [3.8, 4) is 5.75 Å². The predicted molar refractivity (Wildman–Crippen MR) is 117 cm³/mol. The van der Waals surface area contributed by atoms with Crippen molar-refractivity contribution in [2.45, 2.75) is 26.3 Å². The zero-order valence-corrected chi connectivity index (χ0v) is 17.7. The molecule has 32 heavy (non-hydrogen) atoms. The second-order valence-electron chi connectivity index (χ2n) is 7.47. The monoisotopic (exact) mass is 435 g/mol. The van der Waals surface area contributed by atoms with Gasteiger partial charge in [0.05, 0.1) is 12.2 Å². The number of carbonyl (C=O) groups is 2. The standard InChI is InChI=1S/C25H22FNO5/c1-3-14-31-19-11-5-16(6-12-19)23(28)21-22(20-13-4-15(2)32-20)27(25(30)24(21)29)18-9-7-17(26)8-10-18/h4-13,22,28H,3,14H2,1-2H3/b23-21-. The molecule has 0 radical (unpaired) electrons. The number of amides is 1. The fraction of sp³-hybridized carbons (Fsp3) is 0.200. The van der Waals surface area contributed by atoms with E-state index in [1.807, 2.05) is 6.92 Å². The second kappa shape index (κ2) is 8.70. The van der Waals surface area contributed by atoms with Gasteiger partial charge < -0.3 is 14.3 Å². The number of aliphatic hydroxyl groups is 1. The molecule has 4 rings (SSSR count). The highest BCUT2D eigenvalue weighted by atomic mass is 19.1. The molecule has 1 aliphatic rings. The van der Waals surface area contributed by atoms with E-state index in [9.17, 15) is 19.1 Å². The Morgan fingerprint density at radius 1 is 1.06 bits per heavy atom. The van der Waals surface area contributed by atoms with Gasteiger partial charge >= 0.3 is 0 Å². The molecule has 1 aromatic heterocycles. The van der Waals surface area contributed by atoms with Crippen LogP contribution >= 0.6 is 0 Å². The van der Waals surface area contributed by atoms with Gasteiger partial charge in [0.15, 0.2) is 0 Å². The highest BCUT2D eigenvalue weighted by molar-refractivity contribution is 6.51. The van der Waals surface area contributed by atoms with Crippen molar-refractivity contribution in [2.75, 3.05) is 11.5 Å². The zero-order valence-electron chi connectivity index (χ0n) is 17.7. The molecule has 6 nitrogen and oxygen atoms in total.